The Bertz CT molecular complexity index is 997. The molecule has 1 N–H and O–H groups in total. The maximum absolute atomic E-state index is 14.2. The van der Waals surface area contributed by atoms with Gasteiger partial charge in [-0.25, -0.2) is 17.2 Å². The molecule has 29 heavy (non-hydrogen) atoms. The van der Waals surface area contributed by atoms with E-state index in [-0.39, 0.29) is 28.9 Å². The summed E-state index contributed by atoms with van der Waals surface area (Å²) in [4.78, 5) is 12.2. The fraction of sp³-hybridized carbons (Fsp3) is 0.381. The van der Waals surface area contributed by atoms with E-state index in [4.69, 9.17) is 0 Å². The van der Waals surface area contributed by atoms with Crippen LogP contribution in [0.25, 0.3) is 0 Å². The molecule has 2 bridgehead atoms. The Labute approximate surface area is 168 Å². The topological polar surface area (TPSA) is 66.5 Å². The molecule has 2 aliphatic heterocycles. The van der Waals surface area contributed by atoms with Gasteiger partial charge in [-0.2, -0.15) is 4.31 Å². The molecule has 1 unspecified atom stereocenters. The summed E-state index contributed by atoms with van der Waals surface area (Å²) in [5.74, 6) is -1.47. The van der Waals surface area contributed by atoms with Gasteiger partial charge in [-0.3, -0.25) is 4.79 Å². The minimum atomic E-state index is -3.96. The molecule has 8 heteroatoms. The predicted molar refractivity (Wildman–Crippen MR) is 104 cm³/mol. The number of fused-ring (bicyclic) bond motifs is 2. The van der Waals surface area contributed by atoms with Crippen LogP contribution in [0.3, 0.4) is 0 Å². The molecule has 0 radical (unpaired) electrons. The molecule has 3 atom stereocenters. The van der Waals surface area contributed by atoms with Gasteiger partial charge >= 0.3 is 0 Å². The summed E-state index contributed by atoms with van der Waals surface area (Å²) in [6.45, 7) is 0. The molecule has 0 saturated carbocycles. The van der Waals surface area contributed by atoms with E-state index in [1.165, 1.54) is 46.8 Å². The summed E-state index contributed by atoms with van der Waals surface area (Å²) >= 11 is 0. The number of hydrogen-bond donors (Lipinski definition) is 1. The van der Waals surface area contributed by atoms with Crippen molar-refractivity contribution in [3.8, 4) is 0 Å². The maximum Gasteiger partial charge on any atom is 0.251 e. The van der Waals surface area contributed by atoms with E-state index in [0.29, 0.717) is 31.2 Å². The molecule has 154 valence electrons. The number of amides is 1. The van der Waals surface area contributed by atoms with E-state index in [9.17, 15) is 22.0 Å². The number of carbonyl (C=O) groups excluding carboxylic acids is 1. The molecule has 2 saturated heterocycles. The van der Waals surface area contributed by atoms with Crippen molar-refractivity contribution in [2.75, 3.05) is 0 Å². The molecular formula is C21H22F2N2O3S. The first-order chi connectivity index (χ1) is 13.9. The summed E-state index contributed by atoms with van der Waals surface area (Å²) < 4.78 is 55.0. The van der Waals surface area contributed by atoms with Crippen LogP contribution in [-0.2, 0) is 10.0 Å². The van der Waals surface area contributed by atoms with Crippen LogP contribution < -0.4 is 5.32 Å². The Morgan fingerprint density at radius 3 is 2.21 bits per heavy atom. The van der Waals surface area contributed by atoms with Crippen LogP contribution in [0.1, 0.15) is 42.5 Å². The zero-order chi connectivity index (χ0) is 20.6. The van der Waals surface area contributed by atoms with Crippen molar-refractivity contribution in [1.82, 2.24) is 9.62 Å². The van der Waals surface area contributed by atoms with Crippen molar-refractivity contribution in [3.05, 3.63) is 65.7 Å². The Morgan fingerprint density at radius 1 is 0.966 bits per heavy atom. The third-order valence-corrected chi connectivity index (χ3v) is 7.78. The monoisotopic (exact) mass is 420 g/mol. The summed E-state index contributed by atoms with van der Waals surface area (Å²) in [6.07, 6.45) is 3.19. The highest BCUT2D eigenvalue weighted by molar-refractivity contribution is 7.89. The lowest BCUT2D eigenvalue weighted by atomic mass is 9.84. The lowest BCUT2D eigenvalue weighted by Gasteiger charge is -2.47. The average molecular weight is 420 g/mol. The van der Waals surface area contributed by atoms with E-state index in [1.807, 2.05) is 0 Å². The molecular weight excluding hydrogens is 398 g/mol. The van der Waals surface area contributed by atoms with Gasteiger partial charge in [-0.15, -0.1) is 0 Å². The number of rotatable bonds is 4. The maximum atomic E-state index is 14.2. The Hall–Kier alpha value is -2.32. The molecule has 0 aliphatic carbocycles. The zero-order valence-corrected chi connectivity index (χ0v) is 16.5. The molecule has 5 nitrogen and oxygen atoms in total. The smallest absolute Gasteiger partial charge is 0.251 e. The van der Waals surface area contributed by atoms with Crippen molar-refractivity contribution in [2.24, 2.45) is 0 Å². The second kappa shape index (κ2) is 7.84. The van der Waals surface area contributed by atoms with Gasteiger partial charge in [0.05, 0.1) is 0 Å². The highest BCUT2D eigenvalue weighted by Gasteiger charge is 2.45. The largest absolute Gasteiger partial charge is 0.349 e. The highest BCUT2D eigenvalue weighted by Crippen LogP contribution is 2.38. The van der Waals surface area contributed by atoms with Gasteiger partial charge in [0.2, 0.25) is 10.0 Å². The molecule has 2 aromatic rings. The summed E-state index contributed by atoms with van der Waals surface area (Å²) in [6, 6.07) is 9.97. The number of piperidine rings is 2. The number of nitrogens with one attached hydrogen (secondary N) is 1. The molecule has 2 fully saturated rings. The molecule has 2 aromatic carbocycles. The lowest BCUT2D eigenvalue weighted by molar-refractivity contribution is 0.0796. The number of hydrogen-bond acceptors (Lipinski definition) is 3. The summed E-state index contributed by atoms with van der Waals surface area (Å²) in [5, 5.41) is 2.95. The first-order valence-corrected chi connectivity index (χ1v) is 11.1. The van der Waals surface area contributed by atoms with Gasteiger partial charge in [-0.1, -0.05) is 18.6 Å². The first kappa shape index (κ1) is 20.0. The van der Waals surface area contributed by atoms with Crippen molar-refractivity contribution < 1.29 is 22.0 Å². The molecule has 0 aromatic heterocycles. The van der Waals surface area contributed by atoms with E-state index < -0.39 is 21.7 Å². The molecule has 2 heterocycles. The Balaban J connectivity index is 1.53. The van der Waals surface area contributed by atoms with Crippen LogP contribution in [0.2, 0.25) is 0 Å². The van der Waals surface area contributed by atoms with Gasteiger partial charge in [0.15, 0.2) is 0 Å². The van der Waals surface area contributed by atoms with Gasteiger partial charge in [0.1, 0.15) is 16.5 Å². The third-order valence-electron chi connectivity index (χ3n) is 5.74. The fourth-order valence-electron chi connectivity index (χ4n) is 4.49. The van der Waals surface area contributed by atoms with Crippen LogP contribution >= 0.6 is 0 Å². The van der Waals surface area contributed by atoms with Crippen molar-refractivity contribution in [1.29, 1.82) is 0 Å². The van der Waals surface area contributed by atoms with Gasteiger partial charge < -0.3 is 5.32 Å². The van der Waals surface area contributed by atoms with Gasteiger partial charge in [0, 0.05) is 23.7 Å². The van der Waals surface area contributed by atoms with E-state index >= 15 is 0 Å². The summed E-state index contributed by atoms with van der Waals surface area (Å²) in [7, 11) is -3.96. The number of carbonyl (C=O) groups is 1. The summed E-state index contributed by atoms with van der Waals surface area (Å²) in [5.41, 5.74) is 0.359. The molecule has 1 amide bonds. The molecule has 0 spiro atoms. The number of sulfonamides is 1. The van der Waals surface area contributed by atoms with E-state index in [2.05, 4.69) is 5.32 Å². The second-order valence-corrected chi connectivity index (χ2v) is 9.46. The standard InChI is InChI=1S/C21H22F2N2O3S/c22-15-10-8-14(9-11-15)21(26)24-16-12-17-4-3-5-18(13-16)25(17)29(27,28)20-7-2-1-6-19(20)23/h1-2,6-11,16-18H,3-5,12-13H2,(H,24,26)/t16?,17-,18+. The van der Waals surface area contributed by atoms with Crippen molar-refractivity contribution >= 4 is 15.9 Å². The highest BCUT2D eigenvalue weighted by atomic mass is 32.2. The molecule has 2 aliphatic rings. The van der Waals surface area contributed by atoms with Gasteiger partial charge in [-0.05, 0) is 62.1 Å². The van der Waals surface area contributed by atoms with Crippen molar-refractivity contribution in [2.45, 2.75) is 55.1 Å². The van der Waals surface area contributed by atoms with Crippen molar-refractivity contribution in [3.63, 3.8) is 0 Å². The number of benzene rings is 2. The van der Waals surface area contributed by atoms with Crippen LogP contribution in [0.15, 0.2) is 53.4 Å². The van der Waals surface area contributed by atoms with E-state index in [0.717, 1.165) is 12.5 Å². The molecule has 4 rings (SSSR count). The van der Waals surface area contributed by atoms with Crippen LogP contribution in [0.4, 0.5) is 8.78 Å². The van der Waals surface area contributed by atoms with Crippen LogP contribution in [0, 0.1) is 11.6 Å². The quantitative estimate of drug-likeness (QED) is 0.824. The van der Waals surface area contributed by atoms with E-state index in [1.54, 1.807) is 0 Å². The zero-order valence-electron chi connectivity index (χ0n) is 15.7. The minimum Gasteiger partial charge on any atom is -0.349 e. The predicted octanol–water partition coefficient (Wildman–Crippen LogP) is 3.47. The number of halogens is 2. The first-order valence-electron chi connectivity index (χ1n) is 9.71. The number of nitrogens with zero attached hydrogens (tertiary/aromatic N) is 1. The lowest BCUT2D eigenvalue weighted by Crippen LogP contribution is -2.58. The Kier molecular flexibility index (Phi) is 5.40. The minimum absolute atomic E-state index is 0.185. The average Bonchev–Trinajstić information content (AvgIpc) is 2.68. The Morgan fingerprint density at radius 2 is 1.59 bits per heavy atom. The fourth-order valence-corrected chi connectivity index (χ4v) is 6.45. The third kappa shape index (κ3) is 3.91. The van der Waals surface area contributed by atoms with Crippen LogP contribution in [0.5, 0.6) is 0 Å². The normalized spacial score (nSPS) is 24.8. The van der Waals surface area contributed by atoms with Crippen LogP contribution in [-0.4, -0.2) is 36.8 Å². The van der Waals surface area contributed by atoms with Gasteiger partial charge in [0.25, 0.3) is 5.91 Å². The SMILES string of the molecule is O=C(NC1C[C@H]2CCC[C@@H](C1)N2S(=O)(=O)c1ccccc1F)c1ccc(F)cc1. The second-order valence-electron chi connectivity index (χ2n) is 7.65.